The molecule has 4 nitrogen and oxygen atoms in total. The van der Waals surface area contributed by atoms with Crippen LogP contribution in [0.2, 0.25) is 0 Å². The summed E-state index contributed by atoms with van der Waals surface area (Å²) in [5.74, 6) is -0.442. The second-order valence-electron chi connectivity index (χ2n) is 4.16. The highest BCUT2D eigenvalue weighted by molar-refractivity contribution is 5.69. The molecule has 0 saturated carbocycles. The third kappa shape index (κ3) is 2.97. The molecule has 0 aliphatic heterocycles. The molecule has 0 spiro atoms. The zero-order valence-corrected chi connectivity index (χ0v) is 10.2. The topological polar surface area (TPSA) is 63.3 Å². The Morgan fingerprint density at radius 1 is 1.33 bits per heavy atom. The van der Waals surface area contributed by atoms with Gasteiger partial charge in [0, 0.05) is 5.56 Å². The summed E-state index contributed by atoms with van der Waals surface area (Å²) in [5.41, 5.74) is 2.58. The van der Waals surface area contributed by atoms with Crippen LogP contribution < -0.4 is 0 Å². The number of aryl methyl sites for hydroxylation is 1. The first-order valence-electron chi connectivity index (χ1n) is 5.94. The summed E-state index contributed by atoms with van der Waals surface area (Å²) in [6.07, 6.45) is 3.44. The molecule has 0 fully saturated rings. The molecule has 2 rings (SSSR count). The van der Waals surface area contributed by atoms with Crippen molar-refractivity contribution >= 4 is 5.97 Å². The van der Waals surface area contributed by atoms with Crippen LogP contribution in [0.1, 0.15) is 24.6 Å². The quantitative estimate of drug-likeness (QED) is 0.879. The first-order chi connectivity index (χ1) is 8.69. The fourth-order valence-electron chi connectivity index (χ4n) is 1.78. The van der Waals surface area contributed by atoms with Crippen molar-refractivity contribution in [3.05, 3.63) is 41.8 Å². The van der Waals surface area contributed by atoms with Gasteiger partial charge in [-0.15, -0.1) is 0 Å². The number of nitrogens with zero attached hydrogens (tertiary/aromatic N) is 1. The lowest BCUT2D eigenvalue weighted by molar-refractivity contribution is -0.136. The highest BCUT2D eigenvalue weighted by Crippen LogP contribution is 2.19. The molecular formula is C14H15NO3. The smallest absolute Gasteiger partial charge is 0.309 e. The SMILES string of the molecule is CCCc1ccc(-c2nc(CC(=O)O)co2)cc1. The average Bonchev–Trinajstić information content (AvgIpc) is 2.78. The van der Waals surface area contributed by atoms with Gasteiger partial charge in [-0.3, -0.25) is 4.79 Å². The second-order valence-corrected chi connectivity index (χ2v) is 4.16. The van der Waals surface area contributed by atoms with Gasteiger partial charge in [-0.05, 0) is 24.1 Å². The molecule has 0 atom stereocenters. The average molecular weight is 245 g/mol. The van der Waals surface area contributed by atoms with Crippen LogP contribution in [0.4, 0.5) is 0 Å². The first kappa shape index (κ1) is 12.4. The standard InChI is InChI=1S/C14H15NO3/c1-2-3-10-4-6-11(7-5-10)14-15-12(9-18-14)8-13(16)17/h4-7,9H,2-3,8H2,1H3,(H,16,17). The van der Waals surface area contributed by atoms with Crippen molar-refractivity contribution in [2.75, 3.05) is 0 Å². The molecule has 1 N–H and O–H groups in total. The number of carboxylic acid groups (broad SMARTS) is 1. The summed E-state index contributed by atoms with van der Waals surface area (Å²) in [6.45, 7) is 2.14. The van der Waals surface area contributed by atoms with E-state index in [2.05, 4.69) is 11.9 Å². The normalized spacial score (nSPS) is 10.5. The molecular weight excluding hydrogens is 230 g/mol. The van der Waals surface area contributed by atoms with E-state index in [0.717, 1.165) is 18.4 Å². The maximum atomic E-state index is 10.5. The molecule has 94 valence electrons. The van der Waals surface area contributed by atoms with Gasteiger partial charge < -0.3 is 9.52 Å². The Balaban J connectivity index is 2.15. The van der Waals surface area contributed by atoms with Crippen molar-refractivity contribution < 1.29 is 14.3 Å². The van der Waals surface area contributed by atoms with E-state index in [1.54, 1.807) is 0 Å². The third-order valence-corrected chi connectivity index (χ3v) is 2.62. The van der Waals surface area contributed by atoms with Crippen molar-refractivity contribution in [3.63, 3.8) is 0 Å². The number of hydrogen-bond donors (Lipinski definition) is 1. The minimum absolute atomic E-state index is 0.114. The number of carbonyl (C=O) groups is 1. The molecule has 18 heavy (non-hydrogen) atoms. The van der Waals surface area contributed by atoms with Crippen LogP contribution in [-0.4, -0.2) is 16.1 Å². The van der Waals surface area contributed by atoms with Crippen LogP contribution in [-0.2, 0) is 17.6 Å². The van der Waals surface area contributed by atoms with Gasteiger partial charge in [0.1, 0.15) is 6.26 Å². The van der Waals surface area contributed by atoms with Crippen LogP contribution in [0.5, 0.6) is 0 Å². The number of benzene rings is 1. The fraction of sp³-hybridized carbons (Fsp3) is 0.286. The molecule has 0 aliphatic carbocycles. The van der Waals surface area contributed by atoms with Crippen molar-refractivity contribution in [1.29, 1.82) is 0 Å². The van der Waals surface area contributed by atoms with Crippen LogP contribution in [0.3, 0.4) is 0 Å². The maximum Gasteiger partial charge on any atom is 0.309 e. The zero-order chi connectivity index (χ0) is 13.0. The van der Waals surface area contributed by atoms with Crippen molar-refractivity contribution in [2.24, 2.45) is 0 Å². The van der Waals surface area contributed by atoms with Gasteiger partial charge in [0.25, 0.3) is 0 Å². The summed E-state index contributed by atoms with van der Waals surface area (Å²) in [5, 5.41) is 8.66. The van der Waals surface area contributed by atoms with Crippen molar-refractivity contribution in [3.8, 4) is 11.5 Å². The minimum Gasteiger partial charge on any atom is -0.481 e. The van der Waals surface area contributed by atoms with Gasteiger partial charge in [-0.1, -0.05) is 25.5 Å². The zero-order valence-electron chi connectivity index (χ0n) is 10.2. The summed E-state index contributed by atoms with van der Waals surface area (Å²) in [4.78, 5) is 14.7. The summed E-state index contributed by atoms with van der Waals surface area (Å²) < 4.78 is 5.28. The molecule has 0 aliphatic rings. The highest BCUT2D eigenvalue weighted by atomic mass is 16.4. The molecule has 0 radical (unpaired) electrons. The Bertz CT molecular complexity index is 528. The van der Waals surface area contributed by atoms with Gasteiger partial charge in [0.05, 0.1) is 12.1 Å². The van der Waals surface area contributed by atoms with E-state index in [1.165, 1.54) is 11.8 Å². The Labute approximate surface area is 105 Å². The number of aliphatic carboxylic acids is 1. The van der Waals surface area contributed by atoms with E-state index in [0.29, 0.717) is 11.6 Å². The molecule has 0 bridgehead atoms. The Kier molecular flexibility index (Phi) is 3.77. The highest BCUT2D eigenvalue weighted by Gasteiger charge is 2.09. The first-order valence-corrected chi connectivity index (χ1v) is 5.94. The summed E-state index contributed by atoms with van der Waals surface area (Å²) >= 11 is 0. The molecule has 1 aromatic carbocycles. The van der Waals surface area contributed by atoms with E-state index in [9.17, 15) is 4.79 Å². The molecule has 0 unspecified atom stereocenters. The van der Waals surface area contributed by atoms with Crippen molar-refractivity contribution in [1.82, 2.24) is 4.98 Å². The fourth-order valence-corrected chi connectivity index (χ4v) is 1.78. The van der Waals surface area contributed by atoms with E-state index in [4.69, 9.17) is 9.52 Å². The van der Waals surface area contributed by atoms with Gasteiger partial charge in [0.15, 0.2) is 0 Å². The third-order valence-electron chi connectivity index (χ3n) is 2.62. The van der Waals surface area contributed by atoms with E-state index < -0.39 is 5.97 Å². The number of rotatable bonds is 5. The summed E-state index contributed by atoms with van der Waals surface area (Å²) in [6, 6.07) is 7.97. The van der Waals surface area contributed by atoms with Gasteiger partial charge in [-0.2, -0.15) is 0 Å². The molecule has 4 heteroatoms. The van der Waals surface area contributed by atoms with Crippen LogP contribution in [0.15, 0.2) is 34.9 Å². The molecule has 2 aromatic rings. The Hall–Kier alpha value is -2.10. The second kappa shape index (κ2) is 5.49. The van der Waals surface area contributed by atoms with Crippen LogP contribution >= 0.6 is 0 Å². The number of oxazole rings is 1. The summed E-state index contributed by atoms with van der Waals surface area (Å²) in [7, 11) is 0. The predicted molar refractivity (Wildman–Crippen MR) is 67.3 cm³/mol. The Morgan fingerprint density at radius 2 is 2.06 bits per heavy atom. The van der Waals surface area contributed by atoms with Crippen LogP contribution in [0.25, 0.3) is 11.5 Å². The van der Waals surface area contributed by atoms with Crippen molar-refractivity contribution in [2.45, 2.75) is 26.2 Å². The lowest BCUT2D eigenvalue weighted by Gasteiger charge is -1.99. The van der Waals surface area contributed by atoms with Crippen LogP contribution in [0, 0.1) is 0 Å². The van der Waals surface area contributed by atoms with Gasteiger partial charge >= 0.3 is 5.97 Å². The molecule has 0 saturated heterocycles. The van der Waals surface area contributed by atoms with E-state index in [1.807, 2.05) is 24.3 Å². The number of carboxylic acids is 1. The van der Waals surface area contributed by atoms with Gasteiger partial charge in [-0.25, -0.2) is 4.98 Å². The predicted octanol–water partition coefficient (Wildman–Crippen LogP) is 2.92. The maximum absolute atomic E-state index is 10.5. The Morgan fingerprint density at radius 3 is 2.67 bits per heavy atom. The minimum atomic E-state index is -0.909. The molecule has 1 aromatic heterocycles. The van der Waals surface area contributed by atoms with E-state index >= 15 is 0 Å². The molecule has 1 heterocycles. The van der Waals surface area contributed by atoms with E-state index in [-0.39, 0.29) is 6.42 Å². The number of hydrogen-bond acceptors (Lipinski definition) is 3. The largest absolute Gasteiger partial charge is 0.481 e. The lowest BCUT2D eigenvalue weighted by Crippen LogP contribution is -1.99. The lowest BCUT2D eigenvalue weighted by atomic mass is 10.1. The monoisotopic (exact) mass is 245 g/mol. The number of aromatic nitrogens is 1. The molecule has 0 amide bonds. The van der Waals surface area contributed by atoms with Gasteiger partial charge in [0.2, 0.25) is 5.89 Å².